The third-order valence-corrected chi connectivity index (χ3v) is 2.92. The fourth-order valence-corrected chi connectivity index (χ4v) is 1.80. The van der Waals surface area contributed by atoms with Gasteiger partial charge >= 0.3 is 0 Å². The lowest BCUT2D eigenvalue weighted by Gasteiger charge is -2.05. The number of methoxy groups -OCH3 is 1. The van der Waals surface area contributed by atoms with Gasteiger partial charge in [-0.25, -0.2) is 4.98 Å². The van der Waals surface area contributed by atoms with E-state index in [0.29, 0.717) is 12.4 Å². The van der Waals surface area contributed by atoms with E-state index in [1.54, 1.807) is 12.6 Å². The molecule has 5 heteroatoms. The highest BCUT2D eigenvalue weighted by Gasteiger charge is 2.03. The van der Waals surface area contributed by atoms with Crippen LogP contribution in [0.4, 0.5) is 5.82 Å². The van der Waals surface area contributed by atoms with Crippen molar-refractivity contribution in [3.05, 3.63) is 34.7 Å². The van der Waals surface area contributed by atoms with E-state index in [9.17, 15) is 0 Å². The molecule has 1 aromatic carbocycles. The van der Waals surface area contributed by atoms with Crippen molar-refractivity contribution in [2.24, 2.45) is 0 Å². The zero-order valence-corrected chi connectivity index (χ0v) is 9.66. The molecule has 2 rings (SSSR count). The Labute approximate surface area is 97.6 Å². The predicted molar refractivity (Wildman–Crippen MR) is 63.9 cm³/mol. The Kier molecular flexibility index (Phi) is 3.26. The number of hydrogen-bond donors (Lipinski definition) is 1. The van der Waals surface area contributed by atoms with Gasteiger partial charge in [0.2, 0.25) is 0 Å². The molecule has 0 saturated carbocycles. The van der Waals surface area contributed by atoms with Gasteiger partial charge in [-0.2, -0.15) is 0 Å². The van der Waals surface area contributed by atoms with Crippen molar-refractivity contribution in [2.75, 3.05) is 12.8 Å². The van der Waals surface area contributed by atoms with Crippen molar-refractivity contribution in [3.8, 4) is 11.5 Å². The van der Waals surface area contributed by atoms with Gasteiger partial charge in [0.15, 0.2) is 0 Å². The predicted octanol–water partition coefficient (Wildman–Crippen LogP) is 2.31. The van der Waals surface area contributed by atoms with Crippen LogP contribution in [0.5, 0.6) is 11.5 Å². The second kappa shape index (κ2) is 4.85. The van der Waals surface area contributed by atoms with Crippen molar-refractivity contribution >= 4 is 17.2 Å². The number of aromatic nitrogens is 1. The molecule has 0 fully saturated rings. The monoisotopic (exact) mass is 236 g/mol. The van der Waals surface area contributed by atoms with Gasteiger partial charge in [0.1, 0.15) is 23.9 Å². The lowest BCUT2D eigenvalue weighted by Crippen LogP contribution is -1.97. The summed E-state index contributed by atoms with van der Waals surface area (Å²) < 4.78 is 10.6. The van der Waals surface area contributed by atoms with Gasteiger partial charge in [0, 0.05) is 0 Å². The molecule has 0 unspecified atom stereocenters. The summed E-state index contributed by atoms with van der Waals surface area (Å²) in [5.74, 6) is 2.14. The maximum atomic E-state index is 5.65. The molecule has 0 aliphatic heterocycles. The van der Waals surface area contributed by atoms with E-state index in [0.717, 1.165) is 16.4 Å². The summed E-state index contributed by atoms with van der Waals surface area (Å²) in [6, 6.07) is 7.42. The molecule has 1 heterocycles. The minimum absolute atomic E-state index is 0.447. The molecule has 4 nitrogen and oxygen atoms in total. The van der Waals surface area contributed by atoms with E-state index in [1.165, 1.54) is 11.3 Å². The molecule has 0 bridgehead atoms. The van der Waals surface area contributed by atoms with Gasteiger partial charge in [0.25, 0.3) is 0 Å². The Bertz CT molecular complexity index is 453. The minimum Gasteiger partial charge on any atom is -0.497 e. The quantitative estimate of drug-likeness (QED) is 0.885. The topological polar surface area (TPSA) is 57.4 Å². The maximum Gasteiger partial charge on any atom is 0.141 e. The van der Waals surface area contributed by atoms with Crippen molar-refractivity contribution in [1.82, 2.24) is 4.98 Å². The summed E-state index contributed by atoms with van der Waals surface area (Å²) >= 11 is 1.49. The van der Waals surface area contributed by atoms with Crippen molar-refractivity contribution in [3.63, 3.8) is 0 Å². The zero-order valence-electron chi connectivity index (χ0n) is 8.84. The van der Waals surface area contributed by atoms with Crippen LogP contribution in [0.1, 0.15) is 4.88 Å². The summed E-state index contributed by atoms with van der Waals surface area (Å²) in [4.78, 5) is 4.89. The molecule has 0 spiro atoms. The summed E-state index contributed by atoms with van der Waals surface area (Å²) in [5.41, 5.74) is 7.36. The van der Waals surface area contributed by atoms with Gasteiger partial charge in [-0.3, -0.25) is 0 Å². The first-order valence-electron chi connectivity index (χ1n) is 4.74. The lowest BCUT2D eigenvalue weighted by molar-refractivity contribution is 0.309. The largest absolute Gasteiger partial charge is 0.497 e. The van der Waals surface area contributed by atoms with Crippen LogP contribution < -0.4 is 15.2 Å². The van der Waals surface area contributed by atoms with Crippen LogP contribution in [0.25, 0.3) is 0 Å². The summed E-state index contributed by atoms with van der Waals surface area (Å²) in [6.45, 7) is 0.447. The second-order valence-electron chi connectivity index (χ2n) is 3.12. The Morgan fingerprint density at radius 1 is 1.25 bits per heavy atom. The number of thiazole rings is 1. The molecule has 2 N–H and O–H groups in total. The van der Waals surface area contributed by atoms with E-state index in [1.807, 2.05) is 24.3 Å². The Hall–Kier alpha value is -1.75. The number of benzene rings is 1. The van der Waals surface area contributed by atoms with Gasteiger partial charge in [-0.15, -0.1) is 11.3 Å². The summed E-state index contributed by atoms with van der Waals surface area (Å²) in [7, 11) is 1.63. The van der Waals surface area contributed by atoms with Crippen LogP contribution in [0.15, 0.2) is 29.8 Å². The second-order valence-corrected chi connectivity index (χ2v) is 4.06. The van der Waals surface area contributed by atoms with Crippen LogP contribution in [0.3, 0.4) is 0 Å². The lowest BCUT2D eigenvalue weighted by atomic mass is 10.3. The SMILES string of the molecule is COc1ccc(OCc2scnc2N)cc1. The molecular weight excluding hydrogens is 224 g/mol. The highest BCUT2D eigenvalue weighted by atomic mass is 32.1. The average Bonchev–Trinajstić information content (AvgIpc) is 2.73. The highest BCUT2D eigenvalue weighted by molar-refractivity contribution is 7.10. The number of anilines is 1. The van der Waals surface area contributed by atoms with Crippen LogP contribution in [-0.4, -0.2) is 12.1 Å². The van der Waals surface area contributed by atoms with Crippen molar-refractivity contribution < 1.29 is 9.47 Å². The first-order valence-corrected chi connectivity index (χ1v) is 5.62. The van der Waals surface area contributed by atoms with Crippen LogP contribution in [-0.2, 0) is 6.61 Å². The molecule has 84 valence electrons. The molecule has 16 heavy (non-hydrogen) atoms. The molecule has 0 saturated heterocycles. The minimum atomic E-state index is 0.447. The molecule has 0 aliphatic carbocycles. The number of hydrogen-bond acceptors (Lipinski definition) is 5. The Balaban J connectivity index is 1.97. The van der Waals surface area contributed by atoms with Crippen molar-refractivity contribution in [2.45, 2.75) is 6.61 Å². The third-order valence-electron chi connectivity index (χ3n) is 2.10. The van der Waals surface area contributed by atoms with Crippen molar-refractivity contribution in [1.29, 1.82) is 0 Å². The number of nitrogens with zero attached hydrogens (tertiary/aromatic N) is 1. The number of nitrogen functional groups attached to an aromatic ring is 1. The molecule has 0 aliphatic rings. The normalized spacial score (nSPS) is 10.1. The fourth-order valence-electron chi connectivity index (χ4n) is 1.21. The van der Waals surface area contributed by atoms with Crippen LogP contribution in [0.2, 0.25) is 0 Å². The molecule has 1 aromatic heterocycles. The van der Waals surface area contributed by atoms with Gasteiger partial charge in [0.05, 0.1) is 17.5 Å². The smallest absolute Gasteiger partial charge is 0.141 e. The van der Waals surface area contributed by atoms with E-state index in [4.69, 9.17) is 15.2 Å². The number of rotatable bonds is 4. The first-order chi connectivity index (χ1) is 7.79. The molecule has 0 atom stereocenters. The van der Waals surface area contributed by atoms with E-state index in [2.05, 4.69) is 4.98 Å². The van der Waals surface area contributed by atoms with Gasteiger partial charge in [-0.05, 0) is 24.3 Å². The molecule has 2 aromatic rings. The fraction of sp³-hybridized carbons (Fsp3) is 0.182. The molecular formula is C11H12N2O2S. The first kappa shape index (κ1) is 10.8. The van der Waals surface area contributed by atoms with E-state index in [-0.39, 0.29) is 0 Å². The van der Waals surface area contributed by atoms with Crippen LogP contribution in [0, 0.1) is 0 Å². The molecule has 0 amide bonds. The standard InChI is InChI=1S/C11H12N2O2S/c1-14-8-2-4-9(5-3-8)15-6-10-11(12)13-7-16-10/h2-5,7H,6,12H2,1H3. The van der Waals surface area contributed by atoms with Gasteiger partial charge < -0.3 is 15.2 Å². The number of ether oxygens (including phenoxy) is 2. The highest BCUT2D eigenvalue weighted by Crippen LogP contribution is 2.21. The maximum absolute atomic E-state index is 5.65. The number of nitrogens with two attached hydrogens (primary N) is 1. The third kappa shape index (κ3) is 2.43. The van der Waals surface area contributed by atoms with E-state index >= 15 is 0 Å². The van der Waals surface area contributed by atoms with Crippen LogP contribution >= 0.6 is 11.3 Å². The average molecular weight is 236 g/mol. The van der Waals surface area contributed by atoms with Gasteiger partial charge in [-0.1, -0.05) is 0 Å². The summed E-state index contributed by atoms with van der Waals surface area (Å²) in [6.07, 6.45) is 0. The Morgan fingerprint density at radius 2 is 1.94 bits per heavy atom. The zero-order chi connectivity index (χ0) is 11.4. The van der Waals surface area contributed by atoms with E-state index < -0.39 is 0 Å². The Morgan fingerprint density at radius 3 is 2.50 bits per heavy atom. The summed E-state index contributed by atoms with van der Waals surface area (Å²) in [5, 5.41) is 0. The molecule has 0 radical (unpaired) electrons.